The first-order chi connectivity index (χ1) is 9.99. The molecule has 0 aromatic heterocycles. The summed E-state index contributed by atoms with van der Waals surface area (Å²) in [4.78, 5) is 14.0. The lowest BCUT2D eigenvalue weighted by Gasteiger charge is -2.25. The number of likely N-dealkylation sites (N-methyl/N-ethyl adjacent to an activating group) is 1. The molecular formula is C17H19FN2O. The van der Waals surface area contributed by atoms with E-state index in [-0.39, 0.29) is 24.2 Å². The molecule has 0 aliphatic heterocycles. The summed E-state index contributed by atoms with van der Waals surface area (Å²) in [5.41, 5.74) is 8.20. The highest BCUT2D eigenvalue weighted by molar-refractivity contribution is 5.80. The van der Waals surface area contributed by atoms with Crippen molar-refractivity contribution in [1.29, 1.82) is 0 Å². The Balaban J connectivity index is 2.08. The maximum atomic E-state index is 12.9. The van der Waals surface area contributed by atoms with Crippen LogP contribution in [0.15, 0.2) is 48.5 Å². The van der Waals surface area contributed by atoms with Gasteiger partial charge in [-0.25, -0.2) is 4.39 Å². The van der Waals surface area contributed by atoms with Crippen LogP contribution in [-0.2, 0) is 11.2 Å². The summed E-state index contributed by atoms with van der Waals surface area (Å²) >= 11 is 0. The van der Waals surface area contributed by atoms with Crippen molar-refractivity contribution in [2.75, 3.05) is 12.8 Å². The first-order valence-corrected chi connectivity index (χ1v) is 6.83. The Hall–Kier alpha value is -2.36. The fraction of sp³-hybridized carbons (Fsp3) is 0.235. The van der Waals surface area contributed by atoms with E-state index in [1.165, 1.54) is 12.1 Å². The first-order valence-electron chi connectivity index (χ1n) is 6.83. The number of carbonyl (C=O) groups excluding carboxylic acids is 1. The minimum atomic E-state index is -0.281. The lowest BCUT2D eigenvalue weighted by Crippen LogP contribution is -2.31. The number of rotatable bonds is 4. The second-order valence-electron chi connectivity index (χ2n) is 5.11. The molecule has 0 fully saturated rings. The SMILES string of the molecule is CC(c1ccc(F)cc1)N(C)C(=O)Cc1ccccc1N. The summed E-state index contributed by atoms with van der Waals surface area (Å²) in [7, 11) is 1.75. The van der Waals surface area contributed by atoms with Gasteiger partial charge in [-0.1, -0.05) is 30.3 Å². The quantitative estimate of drug-likeness (QED) is 0.877. The highest BCUT2D eigenvalue weighted by Crippen LogP contribution is 2.21. The van der Waals surface area contributed by atoms with Crippen molar-refractivity contribution in [2.24, 2.45) is 0 Å². The Kier molecular flexibility index (Phi) is 4.58. The molecule has 21 heavy (non-hydrogen) atoms. The lowest BCUT2D eigenvalue weighted by atomic mass is 10.1. The predicted molar refractivity (Wildman–Crippen MR) is 82.1 cm³/mol. The fourth-order valence-electron chi connectivity index (χ4n) is 2.16. The van der Waals surface area contributed by atoms with E-state index in [1.54, 1.807) is 30.1 Å². The summed E-state index contributed by atoms with van der Waals surface area (Å²) in [6.45, 7) is 1.92. The van der Waals surface area contributed by atoms with E-state index in [2.05, 4.69) is 0 Å². The molecule has 0 aliphatic carbocycles. The van der Waals surface area contributed by atoms with Crippen LogP contribution in [0.25, 0.3) is 0 Å². The van der Waals surface area contributed by atoms with Crippen LogP contribution in [-0.4, -0.2) is 17.9 Å². The molecule has 1 unspecified atom stereocenters. The normalized spacial score (nSPS) is 12.0. The molecule has 0 aliphatic rings. The van der Waals surface area contributed by atoms with E-state index < -0.39 is 0 Å². The Morgan fingerprint density at radius 2 is 1.81 bits per heavy atom. The number of halogens is 1. The van der Waals surface area contributed by atoms with Crippen molar-refractivity contribution in [3.05, 3.63) is 65.5 Å². The molecule has 2 aromatic carbocycles. The highest BCUT2D eigenvalue weighted by Gasteiger charge is 2.18. The van der Waals surface area contributed by atoms with E-state index in [0.29, 0.717) is 5.69 Å². The van der Waals surface area contributed by atoms with Crippen LogP contribution in [0.5, 0.6) is 0 Å². The zero-order valence-corrected chi connectivity index (χ0v) is 12.2. The van der Waals surface area contributed by atoms with Crippen LogP contribution in [0.3, 0.4) is 0 Å². The molecular weight excluding hydrogens is 267 g/mol. The van der Waals surface area contributed by atoms with Crippen LogP contribution < -0.4 is 5.73 Å². The molecule has 0 saturated heterocycles. The monoisotopic (exact) mass is 286 g/mol. The summed E-state index contributed by atoms with van der Waals surface area (Å²) in [6.07, 6.45) is 0.259. The number of para-hydroxylation sites is 1. The zero-order valence-electron chi connectivity index (χ0n) is 12.2. The lowest BCUT2D eigenvalue weighted by molar-refractivity contribution is -0.131. The van der Waals surface area contributed by atoms with Gasteiger partial charge in [0.05, 0.1) is 12.5 Å². The van der Waals surface area contributed by atoms with Gasteiger partial charge >= 0.3 is 0 Å². The number of amides is 1. The van der Waals surface area contributed by atoms with Crippen LogP contribution >= 0.6 is 0 Å². The van der Waals surface area contributed by atoms with Crippen LogP contribution in [0.4, 0.5) is 10.1 Å². The minimum absolute atomic E-state index is 0.0234. The Labute approximate surface area is 124 Å². The van der Waals surface area contributed by atoms with E-state index in [4.69, 9.17) is 5.73 Å². The second-order valence-corrected chi connectivity index (χ2v) is 5.11. The highest BCUT2D eigenvalue weighted by atomic mass is 19.1. The van der Waals surface area contributed by atoms with Crippen LogP contribution in [0.1, 0.15) is 24.1 Å². The molecule has 1 amide bonds. The third kappa shape index (κ3) is 3.60. The Morgan fingerprint density at radius 3 is 2.43 bits per heavy atom. The second kappa shape index (κ2) is 6.39. The van der Waals surface area contributed by atoms with Crippen molar-refractivity contribution < 1.29 is 9.18 Å². The van der Waals surface area contributed by atoms with E-state index in [1.807, 2.05) is 25.1 Å². The standard InChI is InChI=1S/C17H19FN2O/c1-12(13-7-9-15(18)10-8-13)20(2)17(21)11-14-5-3-4-6-16(14)19/h3-10,12H,11,19H2,1-2H3. The van der Waals surface area contributed by atoms with Gasteiger partial charge in [-0.15, -0.1) is 0 Å². The number of nitrogens with two attached hydrogens (primary N) is 1. The summed E-state index contributed by atoms with van der Waals surface area (Å²) in [5, 5.41) is 0. The average molecular weight is 286 g/mol. The topological polar surface area (TPSA) is 46.3 Å². The van der Waals surface area contributed by atoms with Gasteiger partial charge in [-0.05, 0) is 36.2 Å². The fourth-order valence-corrected chi connectivity index (χ4v) is 2.16. The Bertz CT molecular complexity index is 625. The van der Waals surface area contributed by atoms with Gasteiger partial charge in [-0.3, -0.25) is 4.79 Å². The third-order valence-electron chi connectivity index (χ3n) is 3.72. The van der Waals surface area contributed by atoms with E-state index in [9.17, 15) is 9.18 Å². The van der Waals surface area contributed by atoms with Crippen LogP contribution in [0.2, 0.25) is 0 Å². The molecule has 2 N–H and O–H groups in total. The van der Waals surface area contributed by atoms with Crippen LogP contribution in [0, 0.1) is 5.82 Å². The number of benzene rings is 2. The average Bonchev–Trinajstić information content (AvgIpc) is 2.49. The Morgan fingerprint density at radius 1 is 1.19 bits per heavy atom. The van der Waals surface area contributed by atoms with Crippen molar-refractivity contribution in [3.63, 3.8) is 0 Å². The molecule has 0 radical (unpaired) electrons. The maximum Gasteiger partial charge on any atom is 0.227 e. The number of carbonyl (C=O) groups is 1. The third-order valence-corrected chi connectivity index (χ3v) is 3.72. The number of hydrogen-bond donors (Lipinski definition) is 1. The number of hydrogen-bond acceptors (Lipinski definition) is 2. The molecule has 2 rings (SSSR count). The van der Waals surface area contributed by atoms with Gasteiger partial charge in [0.15, 0.2) is 0 Å². The smallest absolute Gasteiger partial charge is 0.227 e. The van der Waals surface area contributed by atoms with Gasteiger partial charge in [-0.2, -0.15) is 0 Å². The number of nitrogens with zero attached hydrogens (tertiary/aromatic N) is 1. The number of anilines is 1. The molecule has 0 bridgehead atoms. The van der Waals surface area contributed by atoms with Crippen molar-refractivity contribution >= 4 is 11.6 Å². The van der Waals surface area contributed by atoms with E-state index in [0.717, 1.165) is 11.1 Å². The predicted octanol–water partition coefficient (Wildman–Crippen LogP) is 3.17. The van der Waals surface area contributed by atoms with E-state index >= 15 is 0 Å². The molecule has 4 heteroatoms. The largest absolute Gasteiger partial charge is 0.398 e. The molecule has 1 atom stereocenters. The molecule has 110 valence electrons. The van der Waals surface area contributed by atoms with Crippen molar-refractivity contribution in [2.45, 2.75) is 19.4 Å². The van der Waals surface area contributed by atoms with Gasteiger partial charge in [0.25, 0.3) is 0 Å². The maximum absolute atomic E-state index is 12.9. The van der Waals surface area contributed by atoms with Crippen molar-refractivity contribution in [1.82, 2.24) is 4.90 Å². The zero-order chi connectivity index (χ0) is 15.4. The molecule has 0 spiro atoms. The van der Waals surface area contributed by atoms with Gasteiger partial charge in [0.2, 0.25) is 5.91 Å². The van der Waals surface area contributed by atoms with Gasteiger partial charge in [0, 0.05) is 12.7 Å². The molecule has 0 heterocycles. The molecule has 3 nitrogen and oxygen atoms in total. The van der Waals surface area contributed by atoms with Gasteiger partial charge in [0.1, 0.15) is 5.82 Å². The molecule has 2 aromatic rings. The summed E-state index contributed by atoms with van der Waals surface area (Å²) < 4.78 is 12.9. The summed E-state index contributed by atoms with van der Waals surface area (Å²) in [6, 6.07) is 13.4. The summed E-state index contributed by atoms with van der Waals surface area (Å²) in [5.74, 6) is -0.304. The molecule has 0 saturated carbocycles. The van der Waals surface area contributed by atoms with Crippen molar-refractivity contribution in [3.8, 4) is 0 Å². The first kappa shape index (κ1) is 15.0. The minimum Gasteiger partial charge on any atom is -0.398 e. The van der Waals surface area contributed by atoms with Gasteiger partial charge < -0.3 is 10.6 Å². The number of nitrogen functional groups attached to an aromatic ring is 1.